The third-order valence-corrected chi connectivity index (χ3v) is 7.74. The highest BCUT2D eigenvalue weighted by molar-refractivity contribution is 7.15. The molecule has 1 aromatic carbocycles. The van der Waals surface area contributed by atoms with Gasteiger partial charge >= 0.3 is 0 Å². The van der Waals surface area contributed by atoms with Gasteiger partial charge in [0.05, 0.1) is 12.2 Å². The summed E-state index contributed by atoms with van der Waals surface area (Å²) in [5.41, 5.74) is 2.34. The number of hydrogen-bond donors (Lipinski definition) is 1. The average Bonchev–Trinajstić information content (AvgIpc) is 3.36. The van der Waals surface area contributed by atoms with E-state index in [1.165, 1.54) is 20.9 Å². The number of nitrogens with one attached hydrogen (secondary N) is 1. The number of carbonyl (C=O) groups excluding carboxylic acids is 2. The van der Waals surface area contributed by atoms with E-state index in [1.54, 1.807) is 0 Å². The number of amides is 2. The van der Waals surface area contributed by atoms with Gasteiger partial charge in [-0.2, -0.15) is 0 Å². The molecule has 6 heteroatoms. The molecule has 0 aliphatic carbocycles. The summed E-state index contributed by atoms with van der Waals surface area (Å²) in [5, 5.41) is 2.90. The normalized spacial score (nSPS) is 23.1. The summed E-state index contributed by atoms with van der Waals surface area (Å²) in [5.74, 6) is 0.216. The minimum atomic E-state index is -0.254. The Bertz CT molecular complexity index is 915. The Morgan fingerprint density at radius 3 is 2.72 bits per heavy atom. The zero-order chi connectivity index (χ0) is 19.8. The summed E-state index contributed by atoms with van der Waals surface area (Å²) in [6.07, 6.45) is 4.38. The predicted molar refractivity (Wildman–Crippen MR) is 113 cm³/mol. The number of piperidine rings is 1. The third-order valence-electron chi connectivity index (χ3n) is 6.50. The van der Waals surface area contributed by atoms with Gasteiger partial charge in [-0.25, -0.2) is 0 Å². The second-order valence-corrected chi connectivity index (χ2v) is 9.43. The van der Waals surface area contributed by atoms with E-state index in [0.29, 0.717) is 12.8 Å². The van der Waals surface area contributed by atoms with Crippen molar-refractivity contribution >= 4 is 23.2 Å². The van der Waals surface area contributed by atoms with E-state index in [1.807, 2.05) is 22.3 Å². The molecule has 29 heavy (non-hydrogen) atoms. The lowest BCUT2D eigenvalue weighted by Gasteiger charge is -2.44. The van der Waals surface area contributed by atoms with Crippen molar-refractivity contribution in [1.29, 1.82) is 0 Å². The maximum Gasteiger partial charge on any atom is 0.224 e. The summed E-state index contributed by atoms with van der Waals surface area (Å²) in [4.78, 5) is 28.8. The molecule has 4 heterocycles. The number of carbonyl (C=O) groups is 2. The van der Waals surface area contributed by atoms with Gasteiger partial charge in [0.2, 0.25) is 11.8 Å². The number of ether oxygens (including phenoxy) is 1. The van der Waals surface area contributed by atoms with Crippen molar-refractivity contribution in [3.63, 3.8) is 0 Å². The smallest absolute Gasteiger partial charge is 0.224 e. The van der Waals surface area contributed by atoms with E-state index in [9.17, 15) is 9.59 Å². The van der Waals surface area contributed by atoms with Crippen LogP contribution in [0.2, 0.25) is 0 Å². The minimum Gasteiger partial charge on any atom is -0.370 e. The van der Waals surface area contributed by atoms with Crippen molar-refractivity contribution in [2.24, 2.45) is 0 Å². The number of fused-ring (bicyclic) bond motifs is 2. The van der Waals surface area contributed by atoms with E-state index in [4.69, 9.17) is 4.74 Å². The SMILES string of the molecule is O=C1CC[C@@H](CC(=O)N2CCC3(CC2)OCCc2sc(-c4ccccc4)cc23)N1. The second kappa shape index (κ2) is 7.58. The van der Waals surface area contributed by atoms with Gasteiger partial charge in [0.1, 0.15) is 0 Å². The maximum absolute atomic E-state index is 12.7. The maximum atomic E-state index is 12.7. The van der Waals surface area contributed by atoms with Crippen LogP contribution >= 0.6 is 11.3 Å². The monoisotopic (exact) mass is 410 g/mol. The molecule has 2 amide bonds. The van der Waals surface area contributed by atoms with Gasteiger partial charge in [0.25, 0.3) is 0 Å². The predicted octanol–water partition coefficient (Wildman–Crippen LogP) is 3.47. The number of rotatable bonds is 3. The second-order valence-electron chi connectivity index (χ2n) is 8.29. The van der Waals surface area contributed by atoms with Crippen LogP contribution in [0.4, 0.5) is 0 Å². The topological polar surface area (TPSA) is 58.6 Å². The van der Waals surface area contributed by atoms with Crippen LogP contribution in [0.5, 0.6) is 0 Å². The van der Waals surface area contributed by atoms with Crippen LogP contribution in [-0.4, -0.2) is 42.5 Å². The summed E-state index contributed by atoms with van der Waals surface area (Å²) in [6.45, 7) is 2.19. The fourth-order valence-corrected chi connectivity index (χ4v) is 6.10. The van der Waals surface area contributed by atoms with Crippen LogP contribution in [0.25, 0.3) is 10.4 Å². The molecule has 152 valence electrons. The van der Waals surface area contributed by atoms with E-state index in [-0.39, 0.29) is 23.5 Å². The Morgan fingerprint density at radius 2 is 2.00 bits per heavy atom. The van der Waals surface area contributed by atoms with Gasteiger partial charge < -0.3 is 15.0 Å². The molecule has 2 saturated heterocycles. The lowest BCUT2D eigenvalue weighted by molar-refractivity contribution is -0.141. The molecule has 3 aliphatic heterocycles. The Kier molecular flexibility index (Phi) is 4.92. The summed E-state index contributed by atoms with van der Waals surface area (Å²) < 4.78 is 6.37. The molecule has 5 rings (SSSR count). The molecule has 0 unspecified atom stereocenters. The van der Waals surface area contributed by atoms with E-state index >= 15 is 0 Å². The quantitative estimate of drug-likeness (QED) is 0.843. The molecule has 1 N–H and O–H groups in total. The Balaban J connectivity index is 1.29. The summed E-state index contributed by atoms with van der Waals surface area (Å²) >= 11 is 1.88. The van der Waals surface area contributed by atoms with E-state index in [2.05, 4.69) is 35.6 Å². The highest BCUT2D eigenvalue weighted by atomic mass is 32.1. The van der Waals surface area contributed by atoms with E-state index in [0.717, 1.165) is 45.4 Å². The first-order valence-electron chi connectivity index (χ1n) is 10.5. The molecule has 5 nitrogen and oxygen atoms in total. The number of thiophene rings is 1. The molecular weight excluding hydrogens is 384 g/mol. The molecule has 3 aliphatic rings. The molecule has 1 atom stereocenters. The lowest BCUT2D eigenvalue weighted by Crippen LogP contribution is -2.48. The molecule has 1 aromatic heterocycles. The van der Waals surface area contributed by atoms with Crippen LogP contribution in [0.1, 0.15) is 42.5 Å². The van der Waals surface area contributed by atoms with Crippen molar-refractivity contribution in [3.05, 3.63) is 46.8 Å². The average molecular weight is 411 g/mol. The summed E-state index contributed by atoms with van der Waals surface area (Å²) in [7, 11) is 0. The van der Waals surface area contributed by atoms with Gasteiger partial charge in [-0.1, -0.05) is 30.3 Å². The highest BCUT2D eigenvalue weighted by Crippen LogP contribution is 2.46. The van der Waals surface area contributed by atoms with Crippen molar-refractivity contribution in [3.8, 4) is 10.4 Å². The standard InChI is InChI=1S/C23H26N2O3S/c26-21-7-6-17(24-21)14-22(27)25-11-9-23(10-12-25)18-15-20(16-4-2-1-3-5-16)29-19(18)8-13-28-23/h1-5,15,17H,6-14H2,(H,24,26)/t17-/m0/s1. The first kappa shape index (κ1) is 18.8. The third kappa shape index (κ3) is 3.60. The van der Waals surface area contributed by atoms with Crippen LogP contribution in [0, 0.1) is 0 Å². The summed E-state index contributed by atoms with van der Waals surface area (Å²) in [6, 6.07) is 12.9. The number of nitrogens with zero attached hydrogens (tertiary/aromatic N) is 1. The first-order chi connectivity index (χ1) is 14.1. The number of hydrogen-bond acceptors (Lipinski definition) is 4. The van der Waals surface area contributed by atoms with Crippen LogP contribution in [0.15, 0.2) is 36.4 Å². The van der Waals surface area contributed by atoms with Crippen LogP contribution < -0.4 is 5.32 Å². The largest absolute Gasteiger partial charge is 0.370 e. The van der Waals surface area contributed by atoms with Crippen LogP contribution in [-0.2, 0) is 26.3 Å². The Morgan fingerprint density at radius 1 is 1.21 bits per heavy atom. The van der Waals surface area contributed by atoms with Crippen molar-refractivity contribution < 1.29 is 14.3 Å². The Hall–Kier alpha value is -2.18. The molecule has 0 saturated carbocycles. The van der Waals surface area contributed by atoms with Crippen molar-refractivity contribution in [2.45, 2.75) is 50.2 Å². The molecule has 2 aromatic rings. The van der Waals surface area contributed by atoms with E-state index < -0.39 is 0 Å². The highest BCUT2D eigenvalue weighted by Gasteiger charge is 2.43. The molecule has 0 bridgehead atoms. The molecule has 2 fully saturated rings. The van der Waals surface area contributed by atoms with Gasteiger partial charge in [-0.3, -0.25) is 9.59 Å². The fourth-order valence-electron chi connectivity index (χ4n) is 4.86. The fraction of sp³-hybridized carbons (Fsp3) is 0.478. The van der Waals surface area contributed by atoms with Gasteiger partial charge in [-0.15, -0.1) is 11.3 Å². The van der Waals surface area contributed by atoms with Crippen LogP contribution in [0.3, 0.4) is 0 Å². The van der Waals surface area contributed by atoms with Gasteiger partial charge in [0.15, 0.2) is 0 Å². The van der Waals surface area contributed by atoms with Crippen molar-refractivity contribution in [2.75, 3.05) is 19.7 Å². The zero-order valence-electron chi connectivity index (χ0n) is 16.5. The van der Waals surface area contributed by atoms with Gasteiger partial charge in [-0.05, 0) is 36.5 Å². The van der Waals surface area contributed by atoms with Gasteiger partial charge in [0, 0.05) is 48.1 Å². The first-order valence-corrected chi connectivity index (χ1v) is 11.3. The van der Waals surface area contributed by atoms with Crippen molar-refractivity contribution in [1.82, 2.24) is 10.2 Å². The zero-order valence-corrected chi connectivity index (χ0v) is 17.3. The minimum absolute atomic E-state index is 0.00808. The lowest BCUT2D eigenvalue weighted by atomic mass is 9.82. The molecular formula is C23H26N2O3S. The Labute approximate surface area is 175 Å². The number of likely N-dealkylation sites (tertiary alicyclic amines) is 1. The molecule has 0 radical (unpaired) electrons. The molecule has 1 spiro atoms. The number of benzene rings is 1.